The first-order valence-corrected chi connectivity index (χ1v) is 4.99. The van der Waals surface area contributed by atoms with Crippen molar-refractivity contribution in [2.45, 2.75) is 45.6 Å². The maximum Gasteiger partial charge on any atom is 0.0117 e. The lowest BCUT2D eigenvalue weighted by molar-refractivity contribution is 0.502. The van der Waals surface area contributed by atoms with Crippen molar-refractivity contribution in [2.75, 3.05) is 6.54 Å². The molecule has 0 spiro atoms. The van der Waals surface area contributed by atoms with E-state index in [4.69, 9.17) is 0 Å². The maximum atomic E-state index is 3.50. The van der Waals surface area contributed by atoms with Crippen LogP contribution in [0.1, 0.15) is 39.5 Å². The minimum absolute atomic E-state index is 0.777. The Morgan fingerprint density at radius 3 is 2.92 bits per heavy atom. The van der Waals surface area contributed by atoms with Crippen molar-refractivity contribution in [2.24, 2.45) is 5.92 Å². The molecule has 1 rings (SSSR count). The molecule has 0 aromatic heterocycles. The van der Waals surface area contributed by atoms with Crippen LogP contribution in [0.2, 0.25) is 0 Å². The molecule has 0 aromatic carbocycles. The van der Waals surface area contributed by atoms with Gasteiger partial charge in [-0.05, 0) is 38.6 Å². The fourth-order valence-corrected chi connectivity index (χ4v) is 1.98. The van der Waals surface area contributed by atoms with Crippen LogP contribution in [0.5, 0.6) is 0 Å². The third-order valence-corrected chi connectivity index (χ3v) is 2.60. The van der Waals surface area contributed by atoms with E-state index in [-0.39, 0.29) is 0 Å². The van der Waals surface area contributed by atoms with Crippen LogP contribution in [0.15, 0.2) is 0 Å². The van der Waals surface area contributed by atoms with Gasteiger partial charge < -0.3 is 5.32 Å². The van der Waals surface area contributed by atoms with Gasteiger partial charge in [0.1, 0.15) is 0 Å². The van der Waals surface area contributed by atoms with Gasteiger partial charge in [-0.15, -0.1) is 11.8 Å². The van der Waals surface area contributed by atoms with Crippen LogP contribution in [0.25, 0.3) is 0 Å². The lowest BCUT2D eigenvalue weighted by Gasteiger charge is -2.09. The fourth-order valence-electron chi connectivity index (χ4n) is 1.98. The molecule has 0 bridgehead atoms. The fraction of sp³-hybridized carbons (Fsp3) is 0.818. The van der Waals surface area contributed by atoms with E-state index in [1.165, 1.54) is 19.3 Å². The summed E-state index contributed by atoms with van der Waals surface area (Å²) in [5.74, 6) is 7.01. The van der Waals surface area contributed by atoms with Crippen LogP contribution in [-0.4, -0.2) is 12.6 Å². The standard InChI is InChI=1S/C11H19N/c1-3-5-6-10-7-8-11(9-10)12-4-2/h10-12H,4,6-9H2,1-2H3. The van der Waals surface area contributed by atoms with Crippen molar-refractivity contribution in [1.82, 2.24) is 5.32 Å². The lowest BCUT2D eigenvalue weighted by Crippen LogP contribution is -2.25. The highest BCUT2D eigenvalue weighted by Gasteiger charge is 2.22. The number of hydrogen-bond acceptors (Lipinski definition) is 1. The molecular weight excluding hydrogens is 146 g/mol. The molecule has 1 saturated carbocycles. The molecule has 0 amide bonds. The molecule has 0 heterocycles. The van der Waals surface area contributed by atoms with E-state index in [0.29, 0.717) is 0 Å². The van der Waals surface area contributed by atoms with Gasteiger partial charge in [0.05, 0.1) is 0 Å². The first kappa shape index (κ1) is 9.61. The van der Waals surface area contributed by atoms with E-state index in [9.17, 15) is 0 Å². The monoisotopic (exact) mass is 165 g/mol. The Hall–Kier alpha value is -0.480. The van der Waals surface area contributed by atoms with Gasteiger partial charge in [-0.2, -0.15) is 0 Å². The summed E-state index contributed by atoms with van der Waals surface area (Å²) in [5.41, 5.74) is 0. The number of hydrogen-bond donors (Lipinski definition) is 1. The Bertz CT molecular complexity index is 175. The van der Waals surface area contributed by atoms with E-state index in [1.807, 2.05) is 6.92 Å². The predicted molar refractivity (Wildman–Crippen MR) is 52.9 cm³/mol. The second kappa shape index (κ2) is 5.22. The van der Waals surface area contributed by atoms with E-state index >= 15 is 0 Å². The van der Waals surface area contributed by atoms with Crippen LogP contribution in [0.3, 0.4) is 0 Å². The van der Waals surface area contributed by atoms with Gasteiger partial charge in [0.25, 0.3) is 0 Å². The first-order valence-electron chi connectivity index (χ1n) is 4.99. The second-order valence-electron chi connectivity index (χ2n) is 3.56. The Kier molecular flexibility index (Phi) is 4.18. The second-order valence-corrected chi connectivity index (χ2v) is 3.56. The molecule has 1 nitrogen and oxygen atoms in total. The Morgan fingerprint density at radius 2 is 2.25 bits per heavy atom. The highest BCUT2D eigenvalue weighted by Crippen LogP contribution is 2.27. The summed E-state index contributed by atoms with van der Waals surface area (Å²) in [6, 6.07) is 0.777. The predicted octanol–water partition coefficient (Wildman–Crippen LogP) is 2.18. The molecule has 12 heavy (non-hydrogen) atoms. The lowest BCUT2D eigenvalue weighted by atomic mass is 10.0. The van der Waals surface area contributed by atoms with E-state index in [0.717, 1.165) is 24.9 Å². The molecule has 0 aliphatic heterocycles. The number of rotatable bonds is 3. The number of nitrogens with one attached hydrogen (secondary N) is 1. The summed E-state index contributed by atoms with van der Waals surface area (Å²) in [6.07, 6.45) is 5.16. The zero-order chi connectivity index (χ0) is 8.81. The molecule has 1 fully saturated rings. The normalized spacial score (nSPS) is 28.2. The quantitative estimate of drug-likeness (QED) is 0.632. The van der Waals surface area contributed by atoms with Crippen molar-refractivity contribution in [3.05, 3.63) is 0 Å². The highest BCUT2D eigenvalue weighted by atomic mass is 14.9. The average Bonchev–Trinajstić information content (AvgIpc) is 2.50. The van der Waals surface area contributed by atoms with Gasteiger partial charge in [-0.1, -0.05) is 6.92 Å². The van der Waals surface area contributed by atoms with Crippen molar-refractivity contribution >= 4 is 0 Å². The summed E-state index contributed by atoms with van der Waals surface area (Å²) in [7, 11) is 0. The van der Waals surface area contributed by atoms with Gasteiger partial charge >= 0.3 is 0 Å². The average molecular weight is 165 g/mol. The van der Waals surface area contributed by atoms with Gasteiger partial charge in [0, 0.05) is 12.5 Å². The van der Waals surface area contributed by atoms with E-state index < -0.39 is 0 Å². The van der Waals surface area contributed by atoms with Gasteiger partial charge in [-0.3, -0.25) is 0 Å². The van der Waals surface area contributed by atoms with Crippen molar-refractivity contribution < 1.29 is 0 Å². The molecule has 68 valence electrons. The molecule has 1 aliphatic carbocycles. The van der Waals surface area contributed by atoms with Crippen LogP contribution >= 0.6 is 0 Å². The molecule has 1 N–H and O–H groups in total. The summed E-state index contributed by atoms with van der Waals surface area (Å²) >= 11 is 0. The minimum Gasteiger partial charge on any atom is -0.314 e. The van der Waals surface area contributed by atoms with Crippen LogP contribution in [-0.2, 0) is 0 Å². The molecule has 1 heteroatoms. The van der Waals surface area contributed by atoms with Crippen LogP contribution in [0.4, 0.5) is 0 Å². The van der Waals surface area contributed by atoms with Crippen molar-refractivity contribution in [3.8, 4) is 11.8 Å². The molecular formula is C11H19N. The SMILES string of the molecule is CC#CCC1CCC(NCC)C1. The smallest absolute Gasteiger partial charge is 0.0117 e. The van der Waals surface area contributed by atoms with Crippen molar-refractivity contribution in [1.29, 1.82) is 0 Å². The summed E-state index contributed by atoms with van der Waals surface area (Å²) in [4.78, 5) is 0. The molecule has 0 radical (unpaired) electrons. The minimum atomic E-state index is 0.777. The Labute approximate surface area is 75.9 Å². The van der Waals surface area contributed by atoms with Crippen LogP contribution < -0.4 is 5.32 Å². The maximum absolute atomic E-state index is 3.50. The molecule has 2 unspecified atom stereocenters. The molecule has 0 saturated heterocycles. The summed E-state index contributed by atoms with van der Waals surface area (Å²) < 4.78 is 0. The molecule has 2 atom stereocenters. The van der Waals surface area contributed by atoms with Crippen molar-refractivity contribution in [3.63, 3.8) is 0 Å². The summed E-state index contributed by atoms with van der Waals surface area (Å²) in [6.45, 7) is 5.22. The Morgan fingerprint density at radius 1 is 1.42 bits per heavy atom. The Balaban J connectivity index is 2.19. The molecule has 0 aromatic rings. The topological polar surface area (TPSA) is 12.0 Å². The zero-order valence-corrected chi connectivity index (χ0v) is 8.19. The largest absolute Gasteiger partial charge is 0.314 e. The third kappa shape index (κ3) is 2.87. The zero-order valence-electron chi connectivity index (χ0n) is 8.19. The summed E-state index contributed by atoms with van der Waals surface area (Å²) in [5, 5.41) is 3.50. The first-order chi connectivity index (χ1) is 5.86. The van der Waals surface area contributed by atoms with Gasteiger partial charge in [0.2, 0.25) is 0 Å². The molecule has 1 aliphatic rings. The van der Waals surface area contributed by atoms with Crippen LogP contribution in [0, 0.1) is 17.8 Å². The third-order valence-electron chi connectivity index (χ3n) is 2.60. The highest BCUT2D eigenvalue weighted by molar-refractivity contribution is 4.98. The van der Waals surface area contributed by atoms with Gasteiger partial charge in [-0.25, -0.2) is 0 Å². The van der Waals surface area contributed by atoms with E-state index in [1.54, 1.807) is 0 Å². The van der Waals surface area contributed by atoms with Gasteiger partial charge in [0.15, 0.2) is 0 Å². The van der Waals surface area contributed by atoms with E-state index in [2.05, 4.69) is 24.1 Å².